The van der Waals surface area contributed by atoms with Crippen molar-refractivity contribution in [3.63, 3.8) is 0 Å². The molecule has 1 heterocycles. The first kappa shape index (κ1) is 10.8. The minimum absolute atomic E-state index is 0.440. The third-order valence-corrected chi connectivity index (χ3v) is 2.11. The van der Waals surface area contributed by atoms with Gasteiger partial charge in [-0.3, -0.25) is 0 Å². The number of hydrogen-bond acceptors (Lipinski definition) is 6. The number of aliphatic hydroxyl groups excluding tert-OH is 4. The van der Waals surface area contributed by atoms with Gasteiger partial charge in [0.25, 0.3) is 0 Å². The fourth-order valence-electron chi connectivity index (χ4n) is 1.35. The van der Waals surface area contributed by atoms with Gasteiger partial charge in [0.2, 0.25) is 0 Å². The van der Waals surface area contributed by atoms with Crippen LogP contribution in [0.15, 0.2) is 0 Å². The molecule has 0 saturated carbocycles. The Hall–Kier alpha value is -0.240. The second-order valence-electron chi connectivity index (χ2n) is 2.93. The van der Waals surface area contributed by atoms with Gasteiger partial charge < -0.3 is 29.9 Å². The molecule has 0 aliphatic carbocycles. The normalized spacial score (nSPS) is 46.4. The molecule has 78 valence electrons. The zero-order chi connectivity index (χ0) is 10.0. The Kier molecular flexibility index (Phi) is 3.60. The van der Waals surface area contributed by atoms with Crippen LogP contribution in [0, 0.1) is 0 Å². The molecule has 1 fully saturated rings. The van der Waals surface area contributed by atoms with Crippen LogP contribution in [0.5, 0.6) is 0 Å². The van der Waals surface area contributed by atoms with Crippen molar-refractivity contribution in [3.8, 4) is 0 Å². The van der Waals surface area contributed by atoms with Crippen molar-refractivity contribution in [3.05, 3.63) is 0 Å². The van der Waals surface area contributed by atoms with Crippen molar-refractivity contribution < 1.29 is 29.9 Å². The van der Waals surface area contributed by atoms with Gasteiger partial charge in [0.15, 0.2) is 6.29 Å². The molecule has 6 nitrogen and oxygen atoms in total. The Morgan fingerprint density at radius 3 is 2.31 bits per heavy atom. The monoisotopic (exact) mass is 194 g/mol. The molecule has 13 heavy (non-hydrogen) atoms. The molecule has 1 rings (SSSR count). The highest BCUT2D eigenvalue weighted by atomic mass is 16.6. The van der Waals surface area contributed by atoms with Crippen LogP contribution >= 0.6 is 0 Å². The Morgan fingerprint density at radius 1 is 1.23 bits per heavy atom. The van der Waals surface area contributed by atoms with E-state index in [0.29, 0.717) is 0 Å². The van der Waals surface area contributed by atoms with Gasteiger partial charge in [-0.15, -0.1) is 0 Å². The lowest BCUT2D eigenvalue weighted by molar-refractivity contribution is -0.290. The third kappa shape index (κ3) is 1.98. The molecule has 3 unspecified atom stereocenters. The Labute approximate surface area is 75.3 Å². The molecule has 0 aromatic rings. The second-order valence-corrected chi connectivity index (χ2v) is 2.93. The van der Waals surface area contributed by atoms with Gasteiger partial charge in [0, 0.05) is 7.11 Å². The quantitative estimate of drug-likeness (QED) is 0.386. The maximum absolute atomic E-state index is 9.44. The third-order valence-electron chi connectivity index (χ3n) is 2.11. The summed E-state index contributed by atoms with van der Waals surface area (Å²) in [6.07, 6.45) is -5.76. The Bertz CT molecular complexity index is 163. The molecule has 1 saturated heterocycles. The van der Waals surface area contributed by atoms with Crippen LogP contribution in [0.4, 0.5) is 0 Å². The lowest BCUT2D eigenvalue weighted by atomic mass is 9.99. The summed E-state index contributed by atoms with van der Waals surface area (Å²) in [6, 6.07) is 0. The lowest BCUT2D eigenvalue weighted by Gasteiger charge is -2.39. The second kappa shape index (κ2) is 4.32. The number of hydrogen-bond donors (Lipinski definition) is 4. The molecular formula is C7H14O6. The van der Waals surface area contributed by atoms with Crippen molar-refractivity contribution in [1.82, 2.24) is 0 Å². The fraction of sp³-hybridized carbons (Fsp3) is 1.00. The predicted molar refractivity (Wildman–Crippen MR) is 40.8 cm³/mol. The molecule has 0 aromatic carbocycles. The average Bonchev–Trinajstić information content (AvgIpc) is 2.12. The highest BCUT2D eigenvalue weighted by Gasteiger charge is 2.43. The van der Waals surface area contributed by atoms with E-state index in [1.54, 1.807) is 0 Å². The Balaban J connectivity index is 2.69. The van der Waals surface area contributed by atoms with Gasteiger partial charge in [0.1, 0.15) is 24.4 Å². The topological polar surface area (TPSA) is 99.4 Å². The van der Waals surface area contributed by atoms with Crippen LogP contribution in [0.3, 0.4) is 0 Å². The predicted octanol–water partition coefficient (Wildman–Crippen LogP) is -2.57. The van der Waals surface area contributed by atoms with Crippen LogP contribution < -0.4 is 0 Å². The summed E-state index contributed by atoms with van der Waals surface area (Å²) < 4.78 is 9.48. The Morgan fingerprint density at radius 2 is 1.85 bits per heavy atom. The molecule has 1 aliphatic heterocycles. The summed E-state index contributed by atoms with van der Waals surface area (Å²) in [6.45, 7) is -0.440. The zero-order valence-corrected chi connectivity index (χ0v) is 7.20. The van der Waals surface area contributed by atoms with Crippen LogP contribution in [-0.2, 0) is 9.47 Å². The molecule has 0 amide bonds. The molecule has 0 radical (unpaired) electrons. The summed E-state index contributed by atoms with van der Waals surface area (Å²) in [7, 11) is 1.30. The largest absolute Gasteiger partial charge is 0.394 e. The first-order chi connectivity index (χ1) is 6.11. The van der Waals surface area contributed by atoms with Crippen molar-refractivity contribution in [1.29, 1.82) is 0 Å². The standard InChI is InChI=1S/C7H14O6/c1-12-6-4(9)3(2-8)13-7(11)5(6)10/h3-11H,2H2,1H3/t3?,4-,5?,6-,7?/m1/s1. The van der Waals surface area contributed by atoms with Crippen LogP contribution in [-0.4, -0.2) is 64.8 Å². The number of aliphatic hydroxyl groups is 4. The minimum atomic E-state index is -1.44. The molecule has 0 aromatic heterocycles. The molecule has 4 N–H and O–H groups in total. The van der Waals surface area contributed by atoms with Gasteiger partial charge in [-0.1, -0.05) is 0 Å². The minimum Gasteiger partial charge on any atom is -0.394 e. The van der Waals surface area contributed by atoms with E-state index in [-0.39, 0.29) is 0 Å². The summed E-state index contributed by atoms with van der Waals surface area (Å²) in [5.41, 5.74) is 0. The SMILES string of the molecule is CO[C@H]1C(O)C(O)OC(CO)[C@H]1O. The summed E-state index contributed by atoms with van der Waals surface area (Å²) in [4.78, 5) is 0. The van der Waals surface area contributed by atoms with Crippen LogP contribution in [0.1, 0.15) is 0 Å². The molecule has 1 aliphatic rings. The van der Waals surface area contributed by atoms with Gasteiger partial charge in [0.05, 0.1) is 6.61 Å². The number of methoxy groups -OCH3 is 1. The summed E-state index contributed by atoms with van der Waals surface area (Å²) in [5, 5.41) is 36.6. The smallest absolute Gasteiger partial charge is 0.184 e. The highest BCUT2D eigenvalue weighted by Crippen LogP contribution is 2.21. The van der Waals surface area contributed by atoms with E-state index in [4.69, 9.17) is 19.7 Å². The van der Waals surface area contributed by atoms with Crippen molar-refractivity contribution in [2.24, 2.45) is 0 Å². The van der Waals surface area contributed by atoms with E-state index in [2.05, 4.69) is 0 Å². The van der Waals surface area contributed by atoms with E-state index < -0.39 is 37.3 Å². The molecule has 5 atom stereocenters. The number of rotatable bonds is 2. The number of ether oxygens (including phenoxy) is 2. The van der Waals surface area contributed by atoms with Gasteiger partial charge >= 0.3 is 0 Å². The van der Waals surface area contributed by atoms with E-state index in [1.165, 1.54) is 7.11 Å². The summed E-state index contributed by atoms with van der Waals surface area (Å²) >= 11 is 0. The first-order valence-electron chi connectivity index (χ1n) is 3.95. The van der Waals surface area contributed by atoms with E-state index in [0.717, 1.165) is 0 Å². The van der Waals surface area contributed by atoms with Crippen molar-refractivity contribution >= 4 is 0 Å². The van der Waals surface area contributed by atoms with Gasteiger partial charge in [-0.05, 0) is 0 Å². The lowest BCUT2D eigenvalue weighted by Crippen LogP contribution is -2.59. The van der Waals surface area contributed by atoms with Crippen molar-refractivity contribution in [2.45, 2.75) is 30.7 Å². The van der Waals surface area contributed by atoms with E-state index in [9.17, 15) is 10.2 Å². The average molecular weight is 194 g/mol. The fourth-order valence-corrected chi connectivity index (χ4v) is 1.35. The maximum atomic E-state index is 9.44. The van der Waals surface area contributed by atoms with E-state index >= 15 is 0 Å². The molecule has 6 heteroatoms. The van der Waals surface area contributed by atoms with Crippen LogP contribution in [0.2, 0.25) is 0 Å². The van der Waals surface area contributed by atoms with Gasteiger partial charge in [-0.2, -0.15) is 0 Å². The van der Waals surface area contributed by atoms with Gasteiger partial charge in [-0.25, -0.2) is 0 Å². The van der Waals surface area contributed by atoms with Crippen LogP contribution in [0.25, 0.3) is 0 Å². The maximum Gasteiger partial charge on any atom is 0.184 e. The van der Waals surface area contributed by atoms with Crippen molar-refractivity contribution in [2.75, 3.05) is 13.7 Å². The zero-order valence-electron chi connectivity index (χ0n) is 7.20. The first-order valence-corrected chi connectivity index (χ1v) is 3.95. The highest BCUT2D eigenvalue weighted by molar-refractivity contribution is 4.89. The summed E-state index contributed by atoms with van der Waals surface area (Å²) in [5.74, 6) is 0. The van der Waals surface area contributed by atoms with E-state index in [1.807, 2.05) is 0 Å². The molecular weight excluding hydrogens is 180 g/mol. The molecule has 0 spiro atoms. The molecule has 0 bridgehead atoms.